The maximum absolute atomic E-state index is 14.2. The van der Waals surface area contributed by atoms with Crippen LogP contribution in [0, 0.1) is 11.6 Å². The summed E-state index contributed by atoms with van der Waals surface area (Å²) < 4.78 is 27.6. The molecule has 1 unspecified atom stereocenters. The molecule has 1 atom stereocenters. The molecule has 8 heteroatoms. The van der Waals surface area contributed by atoms with Crippen LogP contribution in [0.3, 0.4) is 0 Å². The Morgan fingerprint density at radius 3 is 2.57 bits per heavy atom. The SMILES string of the molecule is O=C(c1cccs1)N1CCSC12C(=O)N(Cc1ccc(F)cc1)c1ccc(F)cc12. The number of nitrogens with zero attached hydrogens (tertiary/aromatic N) is 2. The van der Waals surface area contributed by atoms with Gasteiger partial charge in [0.2, 0.25) is 0 Å². The van der Waals surface area contributed by atoms with E-state index in [2.05, 4.69) is 0 Å². The summed E-state index contributed by atoms with van der Waals surface area (Å²) in [5.41, 5.74) is 1.81. The molecular formula is C22H16F2N2O2S2. The Morgan fingerprint density at radius 2 is 1.83 bits per heavy atom. The number of thioether (sulfide) groups is 1. The number of halogens is 2. The van der Waals surface area contributed by atoms with E-state index in [1.807, 2.05) is 5.38 Å². The van der Waals surface area contributed by atoms with E-state index >= 15 is 0 Å². The van der Waals surface area contributed by atoms with Crippen LogP contribution in [0.15, 0.2) is 60.0 Å². The van der Waals surface area contributed by atoms with E-state index in [1.54, 1.807) is 40.1 Å². The summed E-state index contributed by atoms with van der Waals surface area (Å²) in [7, 11) is 0. The lowest BCUT2D eigenvalue weighted by molar-refractivity contribution is -0.123. The Bertz CT molecular complexity index is 1130. The molecule has 4 nitrogen and oxygen atoms in total. The fourth-order valence-electron chi connectivity index (χ4n) is 4.05. The summed E-state index contributed by atoms with van der Waals surface area (Å²) in [5, 5.41) is 1.81. The number of rotatable bonds is 3. The standard InChI is InChI=1S/C22H16F2N2O2S2/c23-15-5-3-14(4-6-15)13-25-18-8-7-16(24)12-17(18)22(21(25)28)26(9-11-30-22)20(27)19-2-1-10-29-19/h1-8,10,12H,9,11,13H2. The molecule has 1 spiro atoms. The molecule has 30 heavy (non-hydrogen) atoms. The molecule has 3 heterocycles. The largest absolute Gasteiger partial charge is 0.310 e. The highest BCUT2D eigenvalue weighted by Gasteiger charge is 2.59. The van der Waals surface area contributed by atoms with Crippen molar-refractivity contribution in [3.05, 3.63) is 87.6 Å². The second kappa shape index (κ2) is 7.21. The van der Waals surface area contributed by atoms with Crippen molar-refractivity contribution in [1.29, 1.82) is 0 Å². The van der Waals surface area contributed by atoms with Crippen LogP contribution in [-0.2, 0) is 16.2 Å². The predicted octanol–water partition coefficient (Wildman–Crippen LogP) is 4.62. The van der Waals surface area contributed by atoms with Crippen molar-refractivity contribution in [3.8, 4) is 0 Å². The summed E-state index contributed by atoms with van der Waals surface area (Å²) in [6, 6.07) is 13.7. The minimum Gasteiger partial charge on any atom is -0.310 e. The zero-order chi connectivity index (χ0) is 20.9. The van der Waals surface area contributed by atoms with Gasteiger partial charge in [-0.3, -0.25) is 9.59 Å². The zero-order valence-corrected chi connectivity index (χ0v) is 17.3. The minimum absolute atomic E-state index is 0.209. The van der Waals surface area contributed by atoms with Crippen molar-refractivity contribution in [3.63, 3.8) is 0 Å². The molecule has 2 amide bonds. The Labute approximate surface area is 180 Å². The number of fused-ring (bicyclic) bond motifs is 2. The fourth-order valence-corrected chi connectivity index (χ4v) is 6.17. The van der Waals surface area contributed by atoms with Crippen molar-refractivity contribution < 1.29 is 18.4 Å². The first-order valence-corrected chi connectivity index (χ1v) is 11.2. The van der Waals surface area contributed by atoms with Crippen molar-refractivity contribution >= 4 is 40.6 Å². The Kier molecular flexibility index (Phi) is 4.63. The lowest BCUT2D eigenvalue weighted by atomic mass is 10.1. The molecule has 0 aliphatic carbocycles. The predicted molar refractivity (Wildman–Crippen MR) is 113 cm³/mol. The monoisotopic (exact) mass is 442 g/mol. The number of amides is 2. The maximum Gasteiger partial charge on any atom is 0.268 e. The van der Waals surface area contributed by atoms with Gasteiger partial charge < -0.3 is 9.80 Å². The molecule has 1 fully saturated rings. The van der Waals surface area contributed by atoms with Crippen LogP contribution in [0.2, 0.25) is 0 Å². The molecule has 0 bridgehead atoms. The van der Waals surface area contributed by atoms with E-state index in [-0.39, 0.29) is 24.2 Å². The molecule has 2 aromatic carbocycles. The van der Waals surface area contributed by atoms with Crippen LogP contribution >= 0.6 is 23.1 Å². The molecule has 0 saturated carbocycles. The minimum atomic E-state index is -1.29. The van der Waals surface area contributed by atoms with Crippen molar-refractivity contribution in [2.24, 2.45) is 0 Å². The van der Waals surface area contributed by atoms with Gasteiger partial charge in [0.05, 0.1) is 17.1 Å². The van der Waals surface area contributed by atoms with Crippen LogP contribution < -0.4 is 4.90 Å². The number of carbonyl (C=O) groups is 2. The van der Waals surface area contributed by atoms with E-state index in [4.69, 9.17) is 0 Å². The molecule has 2 aliphatic rings. The third kappa shape index (κ3) is 2.86. The van der Waals surface area contributed by atoms with E-state index in [0.717, 1.165) is 5.56 Å². The highest BCUT2D eigenvalue weighted by Crippen LogP contribution is 2.55. The first-order valence-electron chi connectivity index (χ1n) is 9.36. The highest BCUT2D eigenvalue weighted by atomic mass is 32.2. The van der Waals surface area contributed by atoms with E-state index in [1.165, 1.54) is 47.4 Å². The third-order valence-electron chi connectivity index (χ3n) is 5.39. The van der Waals surface area contributed by atoms with Gasteiger partial charge in [-0.2, -0.15) is 0 Å². The fraction of sp³-hybridized carbons (Fsp3) is 0.182. The van der Waals surface area contributed by atoms with E-state index in [0.29, 0.717) is 28.4 Å². The molecule has 1 saturated heterocycles. The van der Waals surface area contributed by atoms with Gasteiger partial charge in [-0.05, 0) is 47.3 Å². The van der Waals surface area contributed by atoms with Gasteiger partial charge in [-0.25, -0.2) is 8.78 Å². The molecule has 152 valence electrons. The second-order valence-electron chi connectivity index (χ2n) is 7.11. The number of hydrogen-bond acceptors (Lipinski definition) is 4. The molecule has 0 radical (unpaired) electrons. The average Bonchev–Trinajstić information content (AvgIpc) is 3.47. The normalized spacial score (nSPS) is 20.3. The van der Waals surface area contributed by atoms with Gasteiger partial charge in [0, 0.05) is 17.9 Å². The van der Waals surface area contributed by atoms with Crippen LogP contribution in [0.5, 0.6) is 0 Å². The number of anilines is 1. The Morgan fingerprint density at radius 1 is 1.07 bits per heavy atom. The number of thiophene rings is 1. The Balaban J connectivity index is 1.60. The van der Waals surface area contributed by atoms with E-state index < -0.39 is 10.7 Å². The van der Waals surface area contributed by atoms with Gasteiger partial charge >= 0.3 is 0 Å². The topological polar surface area (TPSA) is 40.6 Å². The van der Waals surface area contributed by atoms with Crippen LogP contribution in [-0.4, -0.2) is 29.0 Å². The number of carbonyl (C=O) groups excluding carboxylic acids is 2. The van der Waals surface area contributed by atoms with Crippen LogP contribution in [0.1, 0.15) is 20.8 Å². The molecule has 5 rings (SSSR count). The van der Waals surface area contributed by atoms with Gasteiger partial charge in [-0.1, -0.05) is 18.2 Å². The summed E-state index contributed by atoms with van der Waals surface area (Å²) in [4.78, 5) is 29.4. The molecule has 2 aliphatic heterocycles. The summed E-state index contributed by atoms with van der Waals surface area (Å²) in [6.45, 7) is 0.606. The quantitative estimate of drug-likeness (QED) is 0.595. The van der Waals surface area contributed by atoms with Gasteiger partial charge in [0.25, 0.3) is 11.8 Å². The summed E-state index contributed by atoms with van der Waals surface area (Å²) in [5.74, 6) is -0.754. The molecular weight excluding hydrogens is 426 g/mol. The second-order valence-corrected chi connectivity index (χ2v) is 9.34. The summed E-state index contributed by atoms with van der Waals surface area (Å²) in [6.07, 6.45) is 0. The van der Waals surface area contributed by atoms with Crippen molar-refractivity contribution in [2.75, 3.05) is 17.2 Å². The molecule has 0 N–H and O–H groups in total. The highest BCUT2D eigenvalue weighted by molar-refractivity contribution is 8.01. The number of hydrogen-bond donors (Lipinski definition) is 0. The number of benzene rings is 2. The van der Waals surface area contributed by atoms with Crippen LogP contribution in [0.25, 0.3) is 0 Å². The maximum atomic E-state index is 14.2. The van der Waals surface area contributed by atoms with Crippen molar-refractivity contribution in [2.45, 2.75) is 11.4 Å². The zero-order valence-electron chi connectivity index (χ0n) is 15.7. The summed E-state index contributed by atoms with van der Waals surface area (Å²) >= 11 is 2.67. The first kappa shape index (κ1) is 19.3. The van der Waals surface area contributed by atoms with Gasteiger partial charge in [0.15, 0.2) is 4.87 Å². The smallest absolute Gasteiger partial charge is 0.268 e. The lowest BCUT2D eigenvalue weighted by Crippen LogP contribution is -2.50. The van der Waals surface area contributed by atoms with E-state index in [9.17, 15) is 18.4 Å². The first-order chi connectivity index (χ1) is 14.5. The van der Waals surface area contributed by atoms with Crippen LogP contribution in [0.4, 0.5) is 14.5 Å². The molecule has 3 aromatic rings. The van der Waals surface area contributed by atoms with Gasteiger partial charge in [0.1, 0.15) is 11.6 Å². The van der Waals surface area contributed by atoms with Gasteiger partial charge in [-0.15, -0.1) is 23.1 Å². The average molecular weight is 443 g/mol. The van der Waals surface area contributed by atoms with Crippen molar-refractivity contribution in [1.82, 2.24) is 4.90 Å². The molecule has 1 aromatic heterocycles. The third-order valence-corrected chi connectivity index (χ3v) is 7.66. The lowest BCUT2D eigenvalue weighted by Gasteiger charge is -2.33. The Hall–Kier alpha value is -2.71.